The van der Waals surface area contributed by atoms with Crippen LogP contribution in [-0.2, 0) is 21.9 Å². The van der Waals surface area contributed by atoms with Gasteiger partial charge < -0.3 is 0 Å². The molecule has 0 saturated carbocycles. The fourth-order valence-corrected chi connectivity index (χ4v) is 4.43. The van der Waals surface area contributed by atoms with Gasteiger partial charge in [-0.15, -0.1) is 11.3 Å². The number of rotatable bonds is 5. The minimum atomic E-state index is -3.45. The van der Waals surface area contributed by atoms with Gasteiger partial charge >= 0.3 is 0 Å². The van der Waals surface area contributed by atoms with E-state index >= 15 is 0 Å². The van der Waals surface area contributed by atoms with E-state index in [1.807, 2.05) is 23.6 Å². The molecule has 2 rings (SSSR count). The molecule has 0 amide bonds. The summed E-state index contributed by atoms with van der Waals surface area (Å²) in [5.41, 5.74) is 2.03. The predicted molar refractivity (Wildman–Crippen MR) is 89.7 cm³/mol. The fraction of sp³-hybridized carbons (Fsp3) is 0.231. The van der Waals surface area contributed by atoms with Gasteiger partial charge in [0, 0.05) is 18.9 Å². The van der Waals surface area contributed by atoms with Crippen molar-refractivity contribution in [1.29, 1.82) is 0 Å². The van der Waals surface area contributed by atoms with Gasteiger partial charge in [0.2, 0.25) is 10.0 Å². The van der Waals surface area contributed by atoms with Crippen molar-refractivity contribution in [1.82, 2.24) is 4.31 Å². The van der Waals surface area contributed by atoms with Crippen molar-refractivity contribution in [3.63, 3.8) is 0 Å². The van der Waals surface area contributed by atoms with Gasteiger partial charge in [-0.1, -0.05) is 28.1 Å². The van der Waals surface area contributed by atoms with Gasteiger partial charge in [-0.25, -0.2) is 8.42 Å². The van der Waals surface area contributed by atoms with Crippen LogP contribution in [-0.4, -0.2) is 19.8 Å². The lowest BCUT2D eigenvalue weighted by Gasteiger charge is -2.16. The number of thiophene rings is 1. The maximum atomic E-state index is 12.4. The van der Waals surface area contributed by atoms with Crippen molar-refractivity contribution in [3.05, 3.63) is 50.6 Å². The zero-order chi connectivity index (χ0) is 14.8. The lowest BCUT2D eigenvalue weighted by molar-refractivity contribution is 0.467. The summed E-state index contributed by atoms with van der Waals surface area (Å²) in [5, 5.41) is 2.66. The molecule has 1 aromatic heterocycles. The molecule has 2 aromatic rings. The minimum Gasteiger partial charge on any atom is -0.207 e. The molecule has 3 nitrogen and oxygen atoms in total. The molecule has 0 atom stereocenters. The topological polar surface area (TPSA) is 37.4 Å². The third kappa shape index (κ3) is 3.71. The summed E-state index contributed by atoms with van der Waals surface area (Å²) in [4.78, 5) is 0.319. The largest absolute Gasteiger partial charge is 0.243 e. The van der Waals surface area contributed by atoms with Crippen LogP contribution in [0.25, 0.3) is 0 Å². The monoisotopic (exact) mass is 437 g/mol. The zero-order valence-electron chi connectivity index (χ0n) is 10.7. The van der Waals surface area contributed by atoms with Crippen LogP contribution < -0.4 is 0 Å². The number of halogens is 2. The van der Waals surface area contributed by atoms with Crippen molar-refractivity contribution in [3.8, 4) is 0 Å². The predicted octanol–water partition coefficient (Wildman–Crippen LogP) is 4.23. The highest BCUT2D eigenvalue weighted by Gasteiger charge is 2.21. The Hall–Kier alpha value is -0.210. The van der Waals surface area contributed by atoms with E-state index in [1.165, 1.54) is 4.31 Å². The van der Waals surface area contributed by atoms with Crippen LogP contribution in [0.2, 0.25) is 0 Å². The molecule has 0 aliphatic carbocycles. The quantitative estimate of drug-likeness (QED) is 0.655. The second-order valence-corrected chi connectivity index (χ2v) is 9.19. The van der Waals surface area contributed by atoms with E-state index in [2.05, 4.69) is 31.9 Å². The van der Waals surface area contributed by atoms with Gasteiger partial charge in [-0.3, -0.25) is 0 Å². The number of alkyl halides is 1. The van der Waals surface area contributed by atoms with E-state index in [0.717, 1.165) is 14.9 Å². The molecule has 7 heteroatoms. The van der Waals surface area contributed by atoms with E-state index < -0.39 is 10.0 Å². The van der Waals surface area contributed by atoms with Gasteiger partial charge in [0.15, 0.2) is 0 Å². The molecule has 0 saturated heterocycles. The summed E-state index contributed by atoms with van der Waals surface area (Å²) in [7, 11) is -1.85. The van der Waals surface area contributed by atoms with Gasteiger partial charge in [-0.2, -0.15) is 4.31 Å². The van der Waals surface area contributed by atoms with Crippen LogP contribution in [0.15, 0.2) is 44.4 Å². The average molecular weight is 439 g/mol. The van der Waals surface area contributed by atoms with Gasteiger partial charge in [0.05, 0.1) is 8.68 Å². The first-order chi connectivity index (χ1) is 9.43. The molecule has 0 N–H and O–H groups in total. The maximum Gasteiger partial charge on any atom is 0.243 e. The molecule has 1 aromatic carbocycles. The molecule has 108 valence electrons. The third-order valence-electron chi connectivity index (χ3n) is 2.81. The Labute approximate surface area is 139 Å². The summed E-state index contributed by atoms with van der Waals surface area (Å²) < 4.78 is 27.3. The summed E-state index contributed by atoms with van der Waals surface area (Å²) in [5.74, 6) is 0. The molecule has 0 radical (unpaired) electrons. The molecular formula is C13H13Br2NO2S2. The van der Waals surface area contributed by atoms with Crippen molar-refractivity contribution in [2.24, 2.45) is 0 Å². The minimum absolute atomic E-state index is 0.319. The lowest BCUT2D eigenvalue weighted by atomic mass is 10.2. The highest BCUT2D eigenvalue weighted by atomic mass is 79.9. The second kappa shape index (κ2) is 6.70. The van der Waals surface area contributed by atoms with Crippen molar-refractivity contribution in [2.45, 2.75) is 16.8 Å². The van der Waals surface area contributed by atoms with Crippen molar-refractivity contribution < 1.29 is 8.42 Å². The second-order valence-electron chi connectivity index (χ2n) is 4.30. The number of sulfonamides is 1. The first-order valence-corrected chi connectivity index (χ1v) is 10.0. The first-order valence-electron chi connectivity index (χ1n) is 5.77. The summed E-state index contributed by atoms with van der Waals surface area (Å²) in [6.07, 6.45) is 0. The molecule has 1 heterocycles. The van der Waals surface area contributed by atoms with Crippen LogP contribution in [0, 0.1) is 0 Å². The molecule has 0 spiro atoms. The number of nitrogens with zero attached hydrogens (tertiary/aromatic N) is 1. The molecule has 0 aliphatic heterocycles. The summed E-state index contributed by atoms with van der Waals surface area (Å²) in [6.45, 7) is 0.366. The molecule has 20 heavy (non-hydrogen) atoms. The summed E-state index contributed by atoms with van der Waals surface area (Å²) >= 11 is 8.27. The molecule has 0 fully saturated rings. The Balaban J connectivity index is 2.19. The van der Waals surface area contributed by atoms with Crippen LogP contribution in [0.3, 0.4) is 0 Å². The molecule has 0 unspecified atom stereocenters. The highest BCUT2D eigenvalue weighted by Crippen LogP contribution is 2.24. The van der Waals surface area contributed by atoms with Gasteiger partial charge in [0.1, 0.15) is 0 Å². The van der Waals surface area contributed by atoms with Crippen LogP contribution in [0.5, 0.6) is 0 Å². The Morgan fingerprint density at radius 1 is 1.20 bits per heavy atom. The molecule has 0 aliphatic rings. The van der Waals surface area contributed by atoms with E-state index in [9.17, 15) is 8.42 Å². The Kier molecular flexibility index (Phi) is 5.42. The number of hydrogen-bond acceptors (Lipinski definition) is 3. The van der Waals surface area contributed by atoms with Crippen LogP contribution in [0.1, 0.15) is 11.1 Å². The Morgan fingerprint density at radius 3 is 2.35 bits per heavy atom. The summed E-state index contributed by atoms with van der Waals surface area (Å²) in [6, 6.07) is 8.86. The van der Waals surface area contributed by atoms with Crippen LogP contribution >= 0.6 is 43.2 Å². The highest BCUT2D eigenvalue weighted by molar-refractivity contribution is 9.11. The number of hydrogen-bond donors (Lipinski definition) is 0. The van der Waals surface area contributed by atoms with Gasteiger partial charge in [-0.05, 0) is 50.6 Å². The smallest absolute Gasteiger partial charge is 0.207 e. The van der Waals surface area contributed by atoms with Crippen molar-refractivity contribution in [2.75, 3.05) is 7.05 Å². The zero-order valence-corrected chi connectivity index (χ0v) is 15.5. The Bertz CT molecular complexity index is 681. The average Bonchev–Trinajstić information content (AvgIpc) is 2.84. The fourth-order valence-electron chi connectivity index (χ4n) is 1.70. The lowest BCUT2D eigenvalue weighted by Crippen LogP contribution is -2.26. The van der Waals surface area contributed by atoms with E-state index in [4.69, 9.17) is 0 Å². The Morgan fingerprint density at radius 2 is 1.85 bits per heavy atom. The first kappa shape index (κ1) is 16.2. The third-order valence-corrected chi connectivity index (χ3v) is 6.83. The standard InChI is InChI=1S/C13H13Br2NO2S2/c1-16(8-11-6-13(15)19-9-11)20(17,18)12-4-2-10(7-14)3-5-12/h2-6,9H,7-8H2,1H3. The van der Waals surface area contributed by atoms with Crippen LogP contribution in [0.4, 0.5) is 0 Å². The number of benzene rings is 1. The van der Waals surface area contributed by atoms with E-state index in [-0.39, 0.29) is 0 Å². The van der Waals surface area contributed by atoms with Crippen molar-refractivity contribution >= 4 is 53.2 Å². The van der Waals surface area contributed by atoms with E-state index in [1.54, 1.807) is 30.5 Å². The molecular weight excluding hydrogens is 426 g/mol. The SMILES string of the molecule is CN(Cc1csc(Br)c1)S(=O)(=O)c1ccc(CBr)cc1. The van der Waals surface area contributed by atoms with Gasteiger partial charge in [0.25, 0.3) is 0 Å². The normalized spacial score (nSPS) is 12.0. The molecule has 0 bridgehead atoms. The van der Waals surface area contributed by atoms with E-state index in [0.29, 0.717) is 16.8 Å². The maximum absolute atomic E-state index is 12.4.